The predicted molar refractivity (Wildman–Crippen MR) is 79.4 cm³/mol. The van der Waals surface area contributed by atoms with Gasteiger partial charge in [-0.25, -0.2) is 13.1 Å². The molecule has 0 radical (unpaired) electrons. The number of nitrogens with one attached hydrogen (secondary N) is 2. The maximum absolute atomic E-state index is 12.2. The van der Waals surface area contributed by atoms with Crippen LogP contribution in [-0.2, 0) is 10.0 Å². The van der Waals surface area contributed by atoms with Crippen LogP contribution in [0.25, 0.3) is 0 Å². The molecular formula is C13H21ClN2O2S. The third-order valence-corrected chi connectivity index (χ3v) is 4.74. The van der Waals surface area contributed by atoms with Gasteiger partial charge in [0.1, 0.15) is 0 Å². The summed E-state index contributed by atoms with van der Waals surface area (Å²) in [6, 6.07) is 7.18. The van der Waals surface area contributed by atoms with Gasteiger partial charge in [0.2, 0.25) is 10.0 Å². The van der Waals surface area contributed by atoms with Crippen LogP contribution in [0.15, 0.2) is 29.2 Å². The lowest BCUT2D eigenvalue weighted by atomic mass is 10.0. The first-order valence-corrected chi connectivity index (χ1v) is 7.80. The van der Waals surface area contributed by atoms with Gasteiger partial charge < -0.3 is 5.32 Å². The van der Waals surface area contributed by atoms with Crippen molar-refractivity contribution in [3.8, 4) is 0 Å². The first kappa shape index (κ1) is 16.4. The van der Waals surface area contributed by atoms with E-state index in [1.54, 1.807) is 18.2 Å². The predicted octanol–water partition coefficient (Wildman–Crippen LogP) is 1.87. The van der Waals surface area contributed by atoms with E-state index in [-0.39, 0.29) is 18.4 Å². The molecule has 1 aromatic rings. The molecule has 1 aromatic carbocycles. The minimum atomic E-state index is -3.39. The average molecular weight is 305 g/mol. The molecule has 0 spiro atoms. The summed E-state index contributed by atoms with van der Waals surface area (Å²) in [6.07, 6.45) is 0.850. The number of sulfonamides is 1. The van der Waals surface area contributed by atoms with Gasteiger partial charge in [0, 0.05) is 12.6 Å². The smallest absolute Gasteiger partial charge is 0.240 e. The molecule has 6 heteroatoms. The zero-order valence-electron chi connectivity index (χ0n) is 11.2. The van der Waals surface area contributed by atoms with Gasteiger partial charge in [0.05, 0.1) is 4.90 Å². The Bertz CT molecular complexity index is 511. The number of halogens is 1. The van der Waals surface area contributed by atoms with Crippen molar-refractivity contribution in [2.75, 3.05) is 13.1 Å². The van der Waals surface area contributed by atoms with Crippen LogP contribution in [0, 0.1) is 0 Å². The van der Waals surface area contributed by atoms with E-state index in [0.29, 0.717) is 17.4 Å². The van der Waals surface area contributed by atoms with Crippen molar-refractivity contribution < 1.29 is 8.42 Å². The maximum atomic E-state index is 12.2. The Morgan fingerprint density at radius 1 is 1.37 bits per heavy atom. The molecule has 1 aliphatic heterocycles. The molecule has 19 heavy (non-hydrogen) atoms. The number of hydrogen-bond donors (Lipinski definition) is 2. The van der Waals surface area contributed by atoms with Crippen LogP contribution in [-0.4, -0.2) is 27.5 Å². The fourth-order valence-corrected chi connectivity index (χ4v) is 3.41. The normalized spacial score (nSPS) is 19.4. The van der Waals surface area contributed by atoms with Crippen molar-refractivity contribution in [2.24, 2.45) is 0 Å². The SMILES string of the molecule is CC(C)c1cccc(S(=O)(=O)NC2CCNC2)c1.Cl. The van der Waals surface area contributed by atoms with Gasteiger partial charge in [-0.2, -0.15) is 0 Å². The number of hydrogen-bond acceptors (Lipinski definition) is 3. The average Bonchev–Trinajstić information content (AvgIpc) is 2.81. The molecule has 1 heterocycles. The molecule has 1 fully saturated rings. The van der Waals surface area contributed by atoms with Crippen LogP contribution in [0.3, 0.4) is 0 Å². The standard InChI is InChI=1S/C13H20N2O2S.ClH/c1-10(2)11-4-3-5-13(8-11)18(16,17)15-12-6-7-14-9-12;/h3-5,8,10,12,14-15H,6-7,9H2,1-2H3;1H. The summed E-state index contributed by atoms with van der Waals surface area (Å²) in [7, 11) is -3.39. The van der Waals surface area contributed by atoms with Crippen molar-refractivity contribution >= 4 is 22.4 Å². The van der Waals surface area contributed by atoms with E-state index in [1.165, 1.54) is 0 Å². The van der Waals surface area contributed by atoms with Crippen molar-refractivity contribution in [1.29, 1.82) is 0 Å². The highest BCUT2D eigenvalue weighted by Crippen LogP contribution is 2.19. The van der Waals surface area contributed by atoms with E-state index in [9.17, 15) is 8.42 Å². The van der Waals surface area contributed by atoms with Crippen LogP contribution in [0.1, 0.15) is 31.7 Å². The quantitative estimate of drug-likeness (QED) is 0.893. The molecule has 0 amide bonds. The molecular weight excluding hydrogens is 284 g/mol. The highest BCUT2D eigenvalue weighted by atomic mass is 35.5. The Kier molecular flexibility index (Phi) is 5.80. The monoisotopic (exact) mass is 304 g/mol. The van der Waals surface area contributed by atoms with E-state index in [4.69, 9.17) is 0 Å². The minimum absolute atomic E-state index is 0. The second-order valence-electron chi connectivity index (χ2n) is 5.04. The summed E-state index contributed by atoms with van der Waals surface area (Å²) in [5, 5.41) is 3.15. The topological polar surface area (TPSA) is 58.2 Å². The summed E-state index contributed by atoms with van der Waals surface area (Å²) in [4.78, 5) is 0.362. The summed E-state index contributed by atoms with van der Waals surface area (Å²) in [5.41, 5.74) is 1.04. The molecule has 2 rings (SSSR count). The summed E-state index contributed by atoms with van der Waals surface area (Å²) in [6.45, 7) is 5.70. The Morgan fingerprint density at radius 2 is 2.11 bits per heavy atom. The molecule has 1 unspecified atom stereocenters. The van der Waals surface area contributed by atoms with Crippen LogP contribution < -0.4 is 10.0 Å². The molecule has 0 saturated carbocycles. The molecule has 0 aliphatic carbocycles. The molecule has 108 valence electrons. The van der Waals surface area contributed by atoms with Gasteiger partial charge in [-0.05, 0) is 36.6 Å². The van der Waals surface area contributed by atoms with E-state index >= 15 is 0 Å². The fourth-order valence-electron chi connectivity index (χ4n) is 2.08. The first-order chi connectivity index (χ1) is 8.49. The zero-order valence-corrected chi connectivity index (χ0v) is 12.9. The highest BCUT2D eigenvalue weighted by molar-refractivity contribution is 7.89. The Labute approximate surface area is 121 Å². The molecule has 0 aromatic heterocycles. The molecule has 0 bridgehead atoms. The van der Waals surface area contributed by atoms with Gasteiger partial charge in [0.15, 0.2) is 0 Å². The Hall–Kier alpha value is -0.620. The zero-order chi connectivity index (χ0) is 13.2. The number of rotatable bonds is 4. The molecule has 1 aliphatic rings. The van der Waals surface area contributed by atoms with Gasteiger partial charge >= 0.3 is 0 Å². The lowest BCUT2D eigenvalue weighted by Gasteiger charge is -2.13. The number of benzene rings is 1. The Morgan fingerprint density at radius 3 is 2.68 bits per heavy atom. The third kappa shape index (κ3) is 4.18. The minimum Gasteiger partial charge on any atom is -0.315 e. The molecule has 1 saturated heterocycles. The van der Waals surface area contributed by atoms with Crippen molar-refractivity contribution in [3.63, 3.8) is 0 Å². The second-order valence-corrected chi connectivity index (χ2v) is 6.75. The van der Waals surface area contributed by atoms with Crippen LogP contribution in [0.5, 0.6) is 0 Å². The molecule has 1 atom stereocenters. The van der Waals surface area contributed by atoms with E-state index in [2.05, 4.69) is 23.9 Å². The van der Waals surface area contributed by atoms with Crippen LogP contribution in [0.2, 0.25) is 0 Å². The van der Waals surface area contributed by atoms with Crippen LogP contribution in [0.4, 0.5) is 0 Å². The van der Waals surface area contributed by atoms with Crippen molar-refractivity contribution in [2.45, 2.75) is 37.1 Å². The van der Waals surface area contributed by atoms with E-state index < -0.39 is 10.0 Å². The van der Waals surface area contributed by atoms with Gasteiger partial charge in [-0.3, -0.25) is 0 Å². The summed E-state index contributed by atoms with van der Waals surface area (Å²) < 4.78 is 27.2. The summed E-state index contributed by atoms with van der Waals surface area (Å²) in [5.74, 6) is 0.327. The first-order valence-electron chi connectivity index (χ1n) is 6.32. The Balaban J connectivity index is 0.00000180. The third-order valence-electron chi connectivity index (χ3n) is 3.22. The van der Waals surface area contributed by atoms with Crippen LogP contribution >= 0.6 is 12.4 Å². The van der Waals surface area contributed by atoms with E-state index in [0.717, 1.165) is 18.5 Å². The van der Waals surface area contributed by atoms with E-state index in [1.807, 2.05) is 6.07 Å². The highest BCUT2D eigenvalue weighted by Gasteiger charge is 2.22. The van der Waals surface area contributed by atoms with Crippen molar-refractivity contribution in [1.82, 2.24) is 10.0 Å². The fraction of sp³-hybridized carbons (Fsp3) is 0.538. The maximum Gasteiger partial charge on any atom is 0.240 e. The van der Waals surface area contributed by atoms with Gasteiger partial charge in [-0.1, -0.05) is 26.0 Å². The summed E-state index contributed by atoms with van der Waals surface area (Å²) >= 11 is 0. The largest absolute Gasteiger partial charge is 0.315 e. The molecule has 2 N–H and O–H groups in total. The molecule has 4 nitrogen and oxygen atoms in total. The van der Waals surface area contributed by atoms with Crippen molar-refractivity contribution in [3.05, 3.63) is 29.8 Å². The van der Waals surface area contributed by atoms with Gasteiger partial charge in [0.25, 0.3) is 0 Å². The lowest BCUT2D eigenvalue weighted by molar-refractivity contribution is 0.560. The lowest BCUT2D eigenvalue weighted by Crippen LogP contribution is -2.36. The van der Waals surface area contributed by atoms with Gasteiger partial charge in [-0.15, -0.1) is 12.4 Å². The second kappa shape index (κ2) is 6.70.